The summed E-state index contributed by atoms with van der Waals surface area (Å²) in [4.78, 5) is 35.2. The number of ketones is 1. The van der Waals surface area contributed by atoms with E-state index in [-0.39, 0.29) is 5.78 Å². The van der Waals surface area contributed by atoms with E-state index in [1.165, 1.54) is 11.3 Å². The number of aryl methyl sites for hydroxylation is 1. The van der Waals surface area contributed by atoms with Crippen LogP contribution in [0, 0.1) is 6.92 Å². The third-order valence-electron chi connectivity index (χ3n) is 5.73. The lowest BCUT2D eigenvalue weighted by Gasteiger charge is -2.03. The van der Waals surface area contributed by atoms with Gasteiger partial charge in [0.2, 0.25) is 0 Å². The number of carbonyl (C=O) groups excluding carboxylic acids is 1. The van der Waals surface area contributed by atoms with Crippen molar-refractivity contribution in [3.63, 3.8) is 0 Å². The van der Waals surface area contributed by atoms with E-state index in [1.807, 2.05) is 49.0 Å². The smallest absolute Gasteiger partial charge is 0.169 e. The number of carbonyl (C=O) groups is 1. The summed E-state index contributed by atoms with van der Waals surface area (Å²) in [5, 5.41) is 7.53. The van der Waals surface area contributed by atoms with Crippen LogP contribution in [0.1, 0.15) is 22.4 Å². The molecule has 0 spiro atoms. The summed E-state index contributed by atoms with van der Waals surface area (Å²) >= 11 is 1.44. The number of pyridine rings is 2. The van der Waals surface area contributed by atoms with Gasteiger partial charge >= 0.3 is 0 Å². The van der Waals surface area contributed by atoms with Gasteiger partial charge in [-0.1, -0.05) is 0 Å². The van der Waals surface area contributed by atoms with E-state index in [1.54, 1.807) is 19.3 Å². The molecular formula is C23H18N8OS. The largest absolute Gasteiger partial charge is 0.335 e. The van der Waals surface area contributed by atoms with Crippen molar-refractivity contribution in [2.75, 3.05) is 0 Å². The molecule has 10 heteroatoms. The average Bonchev–Trinajstić information content (AvgIpc) is 3.59. The van der Waals surface area contributed by atoms with Crippen LogP contribution in [0.4, 0.5) is 0 Å². The lowest BCUT2D eigenvalue weighted by molar-refractivity contribution is 0.102. The third-order valence-corrected chi connectivity index (χ3v) is 6.95. The lowest BCUT2D eigenvalue weighted by Crippen LogP contribution is -1.96. The summed E-state index contributed by atoms with van der Waals surface area (Å²) in [5.74, 6) is 1.56. The Kier molecular flexibility index (Phi) is 4.24. The predicted octanol–water partition coefficient (Wildman–Crippen LogP) is 4.54. The summed E-state index contributed by atoms with van der Waals surface area (Å²) in [6, 6.07) is 7.67. The van der Waals surface area contributed by atoms with Crippen LogP contribution in [0.5, 0.6) is 0 Å². The maximum atomic E-state index is 11.7. The van der Waals surface area contributed by atoms with Crippen LogP contribution >= 0.6 is 11.3 Å². The number of rotatable bonds is 4. The minimum atomic E-state index is 0.0441. The Hall–Kier alpha value is -4.18. The van der Waals surface area contributed by atoms with Crippen LogP contribution in [-0.4, -0.2) is 45.5 Å². The molecule has 6 rings (SSSR count). The molecule has 0 saturated carbocycles. The molecule has 9 nitrogen and oxygen atoms in total. The highest BCUT2D eigenvalue weighted by atomic mass is 32.1. The van der Waals surface area contributed by atoms with Gasteiger partial charge in [-0.15, -0.1) is 11.3 Å². The summed E-state index contributed by atoms with van der Waals surface area (Å²) in [7, 11) is 1.97. The molecule has 33 heavy (non-hydrogen) atoms. The van der Waals surface area contributed by atoms with Crippen LogP contribution < -0.4 is 0 Å². The quantitative estimate of drug-likeness (QED) is 0.378. The highest BCUT2D eigenvalue weighted by molar-refractivity contribution is 7.17. The monoisotopic (exact) mass is 454 g/mol. The van der Waals surface area contributed by atoms with Crippen molar-refractivity contribution in [3.05, 3.63) is 53.6 Å². The van der Waals surface area contributed by atoms with Crippen LogP contribution in [0.15, 0.2) is 42.9 Å². The predicted molar refractivity (Wildman–Crippen MR) is 127 cm³/mol. The van der Waals surface area contributed by atoms with Crippen molar-refractivity contribution in [1.29, 1.82) is 0 Å². The van der Waals surface area contributed by atoms with Gasteiger partial charge in [0.1, 0.15) is 16.9 Å². The van der Waals surface area contributed by atoms with Gasteiger partial charge in [-0.05, 0) is 38.1 Å². The number of imidazole rings is 2. The van der Waals surface area contributed by atoms with Gasteiger partial charge < -0.3 is 9.55 Å². The van der Waals surface area contributed by atoms with Gasteiger partial charge in [0.15, 0.2) is 17.3 Å². The van der Waals surface area contributed by atoms with E-state index < -0.39 is 0 Å². The number of aromatic amines is 2. The van der Waals surface area contributed by atoms with Crippen molar-refractivity contribution in [2.45, 2.75) is 13.8 Å². The summed E-state index contributed by atoms with van der Waals surface area (Å²) in [6.45, 7) is 3.52. The molecule has 0 aliphatic heterocycles. The van der Waals surface area contributed by atoms with E-state index in [9.17, 15) is 4.79 Å². The summed E-state index contributed by atoms with van der Waals surface area (Å²) in [5.41, 5.74) is 6.32. The number of nitrogens with zero attached hydrogens (tertiary/aromatic N) is 6. The zero-order valence-corrected chi connectivity index (χ0v) is 18.9. The molecule has 162 valence electrons. The van der Waals surface area contributed by atoms with E-state index in [4.69, 9.17) is 9.97 Å². The molecule has 6 heterocycles. The van der Waals surface area contributed by atoms with Crippen molar-refractivity contribution in [1.82, 2.24) is 39.7 Å². The molecule has 6 aromatic rings. The van der Waals surface area contributed by atoms with Crippen LogP contribution in [0.3, 0.4) is 0 Å². The second-order valence-corrected chi connectivity index (χ2v) is 8.89. The SMILES string of the molecule is CC(=O)c1ccc(-c2cncc3[nH]c(-c4n[nH]c5ccc(-c6cnc(C)n6C)nc45)nc23)s1. The molecule has 0 fully saturated rings. The highest BCUT2D eigenvalue weighted by Gasteiger charge is 2.18. The molecular weight excluding hydrogens is 436 g/mol. The first kappa shape index (κ1) is 19.5. The fraction of sp³-hybridized carbons (Fsp3) is 0.130. The Morgan fingerprint density at radius 3 is 2.67 bits per heavy atom. The van der Waals surface area contributed by atoms with E-state index in [2.05, 4.69) is 25.1 Å². The van der Waals surface area contributed by atoms with Gasteiger partial charge in [-0.3, -0.25) is 14.9 Å². The highest BCUT2D eigenvalue weighted by Crippen LogP contribution is 2.34. The number of Topliss-reactive ketones (excluding diaryl/α,β-unsaturated/α-hetero) is 1. The van der Waals surface area contributed by atoms with Crippen LogP contribution in [0.2, 0.25) is 0 Å². The molecule has 0 saturated heterocycles. The zero-order chi connectivity index (χ0) is 22.7. The van der Waals surface area contributed by atoms with Crippen molar-refractivity contribution < 1.29 is 4.79 Å². The number of fused-ring (bicyclic) bond motifs is 2. The van der Waals surface area contributed by atoms with Crippen molar-refractivity contribution in [3.8, 4) is 33.3 Å². The molecule has 0 aliphatic rings. The number of hydrogen-bond donors (Lipinski definition) is 2. The van der Waals surface area contributed by atoms with Gasteiger partial charge in [-0.25, -0.2) is 15.0 Å². The summed E-state index contributed by atoms with van der Waals surface area (Å²) in [6.07, 6.45) is 5.33. The molecule has 0 atom stereocenters. The fourth-order valence-corrected chi connectivity index (χ4v) is 4.76. The number of hydrogen-bond acceptors (Lipinski definition) is 7. The molecule has 0 amide bonds. The van der Waals surface area contributed by atoms with Gasteiger partial charge in [0, 0.05) is 23.7 Å². The molecule has 0 aliphatic carbocycles. The van der Waals surface area contributed by atoms with Crippen LogP contribution in [0.25, 0.3) is 55.4 Å². The first-order valence-electron chi connectivity index (χ1n) is 10.3. The Morgan fingerprint density at radius 1 is 1.03 bits per heavy atom. The fourth-order valence-electron chi connectivity index (χ4n) is 3.84. The Morgan fingerprint density at radius 2 is 1.91 bits per heavy atom. The number of aromatic nitrogens is 8. The third kappa shape index (κ3) is 3.06. The normalized spacial score (nSPS) is 11.6. The average molecular weight is 455 g/mol. The maximum absolute atomic E-state index is 11.7. The first-order valence-corrected chi connectivity index (χ1v) is 11.1. The Labute approximate surface area is 191 Å². The minimum Gasteiger partial charge on any atom is -0.335 e. The number of H-pyrrole nitrogens is 2. The first-order chi connectivity index (χ1) is 16.0. The van der Waals surface area contributed by atoms with E-state index in [0.717, 1.165) is 49.7 Å². The molecule has 0 radical (unpaired) electrons. The number of nitrogens with one attached hydrogen (secondary N) is 2. The molecule has 0 unspecified atom stereocenters. The van der Waals surface area contributed by atoms with E-state index in [0.29, 0.717) is 16.4 Å². The molecule has 0 aromatic carbocycles. The Bertz CT molecular complexity index is 1690. The van der Waals surface area contributed by atoms with Crippen molar-refractivity contribution in [2.24, 2.45) is 7.05 Å². The zero-order valence-electron chi connectivity index (χ0n) is 18.0. The van der Waals surface area contributed by atoms with Gasteiger partial charge in [0.25, 0.3) is 0 Å². The molecule has 0 bridgehead atoms. The van der Waals surface area contributed by atoms with E-state index >= 15 is 0 Å². The second kappa shape index (κ2) is 7.17. The summed E-state index contributed by atoms with van der Waals surface area (Å²) < 4.78 is 2.00. The topological polar surface area (TPSA) is 118 Å². The van der Waals surface area contributed by atoms with Crippen LogP contribution in [-0.2, 0) is 7.05 Å². The van der Waals surface area contributed by atoms with Gasteiger partial charge in [-0.2, -0.15) is 5.10 Å². The van der Waals surface area contributed by atoms with Crippen molar-refractivity contribution >= 4 is 39.2 Å². The molecule has 6 aromatic heterocycles. The standard InChI is InChI=1S/C23H18N8OS/c1-11(32)18-6-7-19(33-18)13-8-24-9-16-20(13)28-23(27-16)22-21-15(29-30-22)5-4-14(26-21)17-10-25-12(2)31(17)3/h4-10H,1-3H3,(H,27,28)(H,29,30). The maximum Gasteiger partial charge on any atom is 0.169 e. The Balaban J connectivity index is 1.49. The number of thiophene rings is 1. The van der Waals surface area contributed by atoms with Gasteiger partial charge in [0.05, 0.1) is 39.7 Å². The minimum absolute atomic E-state index is 0.0441. The second-order valence-electron chi connectivity index (χ2n) is 7.80. The molecule has 2 N–H and O–H groups in total. The lowest BCUT2D eigenvalue weighted by atomic mass is 10.2.